The number of unbranched alkanes of at least 4 members (excludes halogenated alkanes) is 1. The molecule has 0 saturated carbocycles. The molecule has 3 heterocycles. The molecule has 1 aliphatic carbocycles. The fourth-order valence-electron chi connectivity index (χ4n) is 16.8. The van der Waals surface area contributed by atoms with Gasteiger partial charge in [-0.05, 0) is 116 Å². The van der Waals surface area contributed by atoms with E-state index in [1.807, 2.05) is 103 Å². The van der Waals surface area contributed by atoms with E-state index in [0.29, 0.717) is 187 Å². The van der Waals surface area contributed by atoms with E-state index in [4.69, 9.17) is 80.8 Å². The number of piperidine rings is 1. The van der Waals surface area contributed by atoms with Crippen molar-refractivity contribution in [2.75, 3.05) is 204 Å². The number of likely N-dealkylation sites (N-methyl/N-ethyl adjacent to an activating group) is 2. The molecule has 40 heteroatoms. The molecule has 2 aliphatic heterocycles. The summed E-state index contributed by atoms with van der Waals surface area (Å²) in [6.07, 6.45) is -6.18. The molecular formula is C103H154N9O30S+. The predicted octanol–water partition coefficient (Wildman–Crippen LogP) is 8.94. The van der Waals surface area contributed by atoms with Gasteiger partial charge in [0.2, 0.25) is 24.0 Å². The van der Waals surface area contributed by atoms with Crippen molar-refractivity contribution in [3.8, 4) is 16.9 Å². The average molecular weight is 2030 g/mol. The number of aromatic nitrogens is 1. The number of quaternary nitrogens is 1. The highest BCUT2D eigenvalue weighted by Gasteiger charge is 2.49. The summed E-state index contributed by atoms with van der Waals surface area (Å²) in [6.45, 7) is 26.3. The summed E-state index contributed by atoms with van der Waals surface area (Å²) in [7, 11) is 3.66. The zero-order valence-electron chi connectivity index (χ0n) is 84.4. The van der Waals surface area contributed by atoms with Crippen molar-refractivity contribution >= 4 is 70.7 Å². The van der Waals surface area contributed by atoms with Crippen LogP contribution in [0, 0.1) is 17.8 Å². The number of carboxylic acids is 2. The third kappa shape index (κ3) is 41.6. The number of nitrogens with zero attached hydrogens (tertiary/aromatic N) is 3. The number of fused-ring (bicyclic) bond motifs is 3. The van der Waals surface area contributed by atoms with Crippen LogP contribution >= 0.6 is 11.3 Å². The Hall–Kier alpha value is -9.80. The van der Waals surface area contributed by atoms with Gasteiger partial charge in [0.05, 0.1) is 177 Å². The molecule has 14 atom stereocenters. The Morgan fingerprint density at radius 3 is 1.70 bits per heavy atom. The van der Waals surface area contributed by atoms with Crippen molar-refractivity contribution in [3.05, 3.63) is 148 Å². The summed E-state index contributed by atoms with van der Waals surface area (Å²) >= 11 is 1.24. The Kier molecular flexibility index (Phi) is 54.4. The van der Waals surface area contributed by atoms with Crippen molar-refractivity contribution in [2.45, 2.75) is 205 Å². The number of amides is 7. The number of aliphatic hydroxyl groups is 3. The molecule has 0 spiro atoms. The van der Waals surface area contributed by atoms with Crippen molar-refractivity contribution in [1.82, 2.24) is 36.5 Å². The number of likely N-dealkylation sites (tertiary alicyclic amines) is 1. The number of alkyl carbamates (subject to hydrolysis) is 1. The van der Waals surface area contributed by atoms with Crippen LogP contribution in [0.3, 0.4) is 0 Å². The third-order valence-corrected chi connectivity index (χ3v) is 25.8. The molecule has 39 nitrogen and oxygen atoms in total. The monoisotopic (exact) mass is 2030 g/mol. The lowest BCUT2D eigenvalue weighted by molar-refractivity contribution is -0.942. The Morgan fingerprint density at radius 2 is 1.16 bits per heavy atom. The van der Waals surface area contributed by atoms with Gasteiger partial charge in [0.1, 0.15) is 72.7 Å². The fraction of sp³-hybridized carbons (Fsp3) is 0.631. The lowest BCUT2D eigenvalue weighted by Gasteiger charge is -2.44. The molecular weight excluding hydrogens is 1880 g/mol. The number of hydrogen-bond donors (Lipinski definition) is 11. The van der Waals surface area contributed by atoms with Gasteiger partial charge in [-0.25, -0.2) is 19.4 Å². The summed E-state index contributed by atoms with van der Waals surface area (Å²) in [6, 6.07) is 27.0. The van der Waals surface area contributed by atoms with Gasteiger partial charge in [-0.3, -0.25) is 34.1 Å². The number of aliphatic carboxylic acids is 2. The second-order valence-corrected chi connectivity index (χ2v) is 37.4. The van der Waals surface area contributed by atoms with Gasteiger partial charge in [0, 0.05) is 68.3 Å². The van der Waals surface area contributed by atoms with Crippen LogP contribution in [0.2, 0.25) is 0 Å². The van der Waals surface area contributed by atoms with Gasteiger partial charge in [-0.1, -0.05) is 139 Å². The number of rotatable bonds is 73. The Labute approximate surface area is 843 Å². The van der Waals surface area contributed by atoms with E-state index < -0.39 is 103 Å². The number of nitrogens with one attached hydrogen (secondary N) is 6. The minimum Gasteiger partial charge on any atom is -0.481 e. The molecule has 1 aromatic heterocycles. The van der Waals surface area contributed by atoms with E-state index in [1.54, 1.807) is 36.4 Å². The number of carbonyl (C=O) groups is 9. The molecule has 11 N–H and O–H groups in total. The van der Waals surface area contributed by atoms with E-state index in [2.05, 4.69) is 62.7 Å². The van der Waals surface area contributed by atoms with Crippen LogP contribution in [0.4, 0.5) is 15.3 Å². The maximum Gasteiger partial charge on any atom is 0.411 e. The normalized spacial score (nSPS) is 18.7. The topological polar surface area (TPSA) is 491 Å². The van der Waals surface area contributed by atoms with Crippen LogP contribution in [0.15, 0.2) is 115 Å². The summed E-state index contributed by atoms with van der Waals surface area (Å²) in [5.74, 6) is -5.56. The maximum atomic E-state index is 15.2. The van der Waals surface area contributed by atoms with Crippen molar-refractivity contribution < 1.29 is 149 Å². The number of hydrogen-bond acceptors (Lipinski definition) is 30. The first-order valence-electron chi connectivity index (χ1n) is 49.9. The van der Waals surface area contributed by atoms with Crippen molar-refractivity contribution in [3.63, 3.8) is 0 Å². The SMILES string of the molecule is C=C(C)CO[C@H](C[C@H](C(C)C)N(C)C(=O)[C@@H](NC(=O)[C@H]1CCCC[N+]1(C)Cc1ccc(O[C@@H]2O[C@H](C(=O)O)[C@@H](O)[C@H](O)[C@H]2O)c(NC(=O)OCCOCCOCCOCCOCCOCCOCCOCCOCCOCCOCCOCCC(=O)NCCCC[C@H](NC(=O)OCC2c3ccccc3-c3ccccc32)C(=O)NCCC)c1)[C@@H](C)CC)c1nc(C(=O)N[C@@H](Cc2ccccc2)C[C@H](C)C(=O)O)cs1. The number of carboxylic acid groups (broad SMARTS) is 2. The molecule has 0 radical (unpaired) electrons. The van der Waals surface area contributed by atoms with E-state index in [0.717, 1.165) is 46.2 Å². The molecule has 5 aromatic rings. The van der Waals surface area contributed by atoms with Gasteiger partial charge in [0.15, 0.2) is 12.1 Å². The lowest BCUT2D eigenvalue weighted by Crippen LogP contribution is -2.63. The Morgan fingerprint density at radius 1 is 0.608 bits per heavy atom. The number of carbonyl (C=O) groups excluding carboxylic acids is 7. The molecule has 2 fully saturated rings. The molecule has 796 valence electrons. The number of thiazole rings is 1. The highest BCUT2D eigenvalue weighted by atomic mass is 32.1. The van der Waals surface area contributed by atoms with Crippen LogP contribution in [-0.2, 0) is 113 Å². The fourth-order valence-corrected chi connectivity index (χ4v) is 17.6. The third-order valence-electron chi connectivity index (χ3n) is 24.9. The second-order valence-electron chi connectivity index (χ2n) is 36.5. The molecule has 1 unspecified atom stereocenters. The van der Waals surface area contributed by atoms with Crippen LogP contribution in [0.1, 0.15) is 169 Å². The van der Waals surface area contributed by atoms with Gasteiger partial charge < -0.3 is 137 Å². The van der Waals surface area contributed by atoms with Crippen LogP contribution in [-0.4, -0.2) is 353 Å². The number of anilines is 1. The standard InChI is InChI=1S/C103H153N9O30S/c1-11-35-105-94(117)81(108-103(126)140-67-80-78-28-18-16-26-76(78)77-27-17-19-29-79(77)80)30-20-22-36-104-88(113)34-38-127-39-40-128-41-42-129-43-44-130-45-46-131-47-48-132-49-50-133-51-52-134-53-54-135-55-56-136-57-58-137-59-60-138-102(125)109-82-63-74(32-33-86(82)141-101-92(116)90(114)91(115)93(142-101)100(123)124)65-112(10)37-23-21-31-85(112)96(119)110-89(71(7)12-2)98(120)111(9)84(70(5)6)64-87(139-66-69(3)4)97-107-83(68-143-97)95(118)106-75(61-72(8)99(121)122)62-73-24-14-13-15-25-73/h13-19,24-29,32-33,63,68,70-72,75,80-81,84-85,87,89-93,101,114-116H,3,11-12,20-23,30-31,34-62,64-67H2,1-2,4-10H3,(H7-,104,105,106,108,109,110,113,117,118,119,121,122,123,124,125,126)/p+1/t71-,72-,75+,81-,84+,85+,87+,89-,90-,91-,92+,93-,101+,112?/m0/s1. The lowest BCUT2D eigenvalue weighted by atomic mass is 9.92. The molecule has 0 bridgehead atoms. The predicted molar refractivity (Wildman–Crippen MR) is 530 cm³/mol. The Bertz CT molecular complexity index is 4590. The zero-order valence-corrected chi connectivity index (χ0v) is 85.2. The second kappa shape index (κ2) is 65.6. The van der Waals surface area contributed by atoms with Gasteiger partial charge in [-0.2, -0.15) is 0 Å². The van der Waals surface area contributed by atoms with Crippen LogP contribution < -0.4 is 36.6 Å². The average Bonchev–Trinajstić information content (AvgIpc) is 1.51. The molecule has 7 amide bonds. The minimum atomic E-state index is -2.00. The first kappa shape index (κ1) is 118. The number of benzene rings is 4. The van der Waals surface area contributed by atoms with Crippen LogP contribution in [0.25, 0.3) is 11.1 Å². The highest BCUT2D eigenvalue weighted by Crippen LogP contribution is 2.45. The maximum absolute atomic E-state index is 15.2. The summed E-state index contributed by atoms with van der Waals surface area (Å²) in [4.78, 5) is 127. The van der Waals surface area contributed by atoms with Crippen LogP contribution in [0.5, 0.6) is 5.75 Å². The van der Waals surface area contributed by atoms with E-state index in [-0.39, 0.29) is 142 Å². The van der Waals surface area contributed by atoms with E-state index in [1.165, 1.54) is 17.4 Å². The summed E-state index contributed by atoms with van der Waals surface area (Å²) in [5, 5.41) is 71.3. The smallest absolute Gasteiger partial charge is 0.411 e. The Balaban J connectivity index is 0.636. The molecule has 8 rings (SSSR count). The zero-order chi connectivity index (χ0) is 103. The first-order valence-corrected chi connectivity index (χ1v) is 50.8. The largest absolute Gasteiger partial charge is 0.481 e. The van der Waals surface area contributed by atoms with Crippen molar-refractivity contribution in [2.24, 2.45) is 17.8 Å². The van der Waals surface area contributed by atoms with E-state index in [9.17, 15) is 59.1 Å². The van der Waals surface area contributed by atoms with Gasteiger partial charge in [0.25, 0.3) is 11.8 Å². The van der Waals surface area contributed by atoms with Gasteiger partial charge in [-0.15, -0.1) is 11.3 Å². The van der Waals surface area contributed by atoms with Crippen molar-refractivity contribution in [1.29, 1.82) is 0 Å². The molecule has 3 aliphatic rings. The quantitative estimate of drug-likeness (QED) is 0.00982. The van der Waals surface area contributed by atoms with E-state index >= 15 is 9.59 Å². The first-order chi connectivity index (χ1) is 69.0. The minimum absolute atomic E-state index is 0.0162. The summed E-state index contributed by atoms with van der Waals surface area (Å²) in [5.41, 5.74) is 6.85. The highest BCUT2D eigenvalue weighted by molar-refractivity contribution is 7.09. The molecule has 2 saturated heterocycles. The number of aliphatic hydroxyl groups excluding tert-OH is 3. The number of ether oxygens (including phenoxy) is 16. The summed E-state index contributed by atoms with van der Waals surface area (Å²) < 4.78 is 90.7. The molecule has 143 heavy (non-hydrogen) atoms. The van der Waals surface area contributed by atoms with Gasteiger partial charge >= 0.3 is 24.1 Å². The molecule has 4 aromatic carbocycles.